The number of aromatic nitrogens is 2. The minimum Gasteiger partial charge on any atom is -0.321 e. The number of halogens is 1. The zero-order valence-corrected chi connectivity index (χ0v) is 14.1. The summed E-state index contributed by atoms with van der Waals surface area (Å²) in [7, 11) is -3.00. The van der Waals surface area contributed by atoms with Gasteiger partial charge in [-0.05, 0) is 37.6 Å². The van der Waals surface area contributed by atoms with E-state index >= 15 is 0 Å². The number of sulfone groups is 1. The van der Waals surface area contributed by atoms with Gasteiger partial charge in [-0.2, -0.15) is 5.10 Å². The Kier molecular flexibility index (Phi) is 4.16. The Morgan fingerprint density at radius 1 is 1.39 bits per heavy atom. The van der Waals surface area contributed by atoms with Crippen LogP contribution >= 0.6 is 11.6 Å². The third-order valence-corrected chi connectivity index (χ3v) is 5.78. The molecule has 0 radical (unpaired) electrons. The van der Waals surface area contributed by atoms with E-state index in [4.69, 9.17) is 11.6 Å². The Labute approximate surface area is 139 Å². The maximum Gasteiger partial charge on any atom is 0.276 e. The molecule has 0 saturated carbocycles. The van der Waals surface area contributed by atoms with E-state index in [0.29, 0.717) is 17.1 Å². The maximum atomic E-state index is 12.3. The molecule has 1 aliphatic heterocycles. The predicted octanol–water partition coefficient (Wildman–Crippen LogP) is 2.46. The van der Waals surface area contributed by atoms with Crippen molar-refractivity contribution in [3.05, 3.63) is 46.7 Å². The fourth-order valence-corrected chi connectivity index (χ4v) is 4.58. The van der Waals surface area contributed by atoms with Gasteiger partial charge in [0.05, 0.1) is 17.5 Å². The molecule has 6 nitrogen and oxygen atoms in total. The first kappa shape index (κ1) is 16.0. The van der Waals surface area contributed by atoms with Gasteiger partial charge in [0.2, 0.25) is 0 Å². The summed E-state index contributed by atoms with van der Waals surface area (Å²) in [4.78, 5) is 12.3. The van der Waals surface area contributed by atoms with Gasteiger partial charge in [-0.15, -0.1) is 0 Å². The van der Waals surface area contributed by atoms with Crippen molar-refractivity contribution < 1.29 is 13.2 Å². The first-order valence-corrected chi connectivity index (χ1v) is 9.37. The van der Waals surface area contributed by atoms with Crippen molar-refractivity contribution in [3.8, 4) is 0 Å². The molecule has 1 N–H and O–H groups in total. The lowest BCUT2D eigenvalue weighted by Crippen LogP contribution is -2.16. The van der Waals surface area contributed by atoms with Gasteiger partial charge in [-0.3, -0.25) is 9.48 Å². The third kappa shape index (κ3) is 3.56. The molecule has 0 aliphatic carbocycles. The van der Waals surface area contributed by atoms with Crippen LogP contribution in [-0.4, -0.2) is 35.6 Å². The number of nitrogens with one attached hydrogen (secondary N) is 1. The zero-order valence-electron chi connectivity index (χ0n) is 12.5. The van der Waals surface area contributed by atoms with Crippen LogP contribution in [0.3, 0.4) is 0 Å². The topological polar surface area (TPSA) is 81.1 Å². The number of hydrogen-bond donors (Lipinski definition) is 1. The largest absolute Gasteiger partial charge is 0.321 e. The van der Waals surface area contributed by atoms with Crippen molar-refractivity contribution in [1.82, 2.24) is 9.78 Å². The molecular weight excluding hydrogens is 338 g/mol. The highest BCUT2D eigenvalue weighted by Crippen LogP contribution is 2.25. The smallest absolute Gasteiger partial charge is 0.276 e. The lowest BCUT2D eigenvalue weighted by Gasteiger charge is -2.10. The second kappa shape index (κ2) is 5.98. The first-order valence-electron chi connectivity index (χ1n) is 7.17. The van der Waals surface area contributed by atoms with E-state index < -0.39 is 9.84 Å². The summed E-state index contributed by atoms with van der Waals surface area (Å²) in [6.45, 7) is 1.81. The molecule has 2 heterocycles. The second-order valence-electron chi connectivity index (χ2n) is 5.64. The van der Waals surface area contributed by atoms with Crippen LogP contribution in [0.4, 0.5) is 5.69 Å². The summed E-state index contributed by atoms with van der Waals surface area (Å²) < 4.78 is 24.8. The molecule has 3 rings (SSSR count). The van der Waals surface area contributed by atoms with Gasteiger partial charge in [0.15, 0.2) is 15.5 Å². The minimum atomic E-state index is -3.00. The molecule has 1 unspecified atom stereocenters. The Balaban J connectivity index is 1.79. The van der Waals surface area contributed by atoms with Crippen LogP contribution in [-0.2, 0) is 9.84 Å². The third-order valence-electron chi connectivity index (χ3n) is 3.79. The quantitative estimate of drug-likeness (QED) is 0.919. The van der Waals surface area contributed by atoms with Crippen LogP contribution in [0.25, 0.3) is 0 Å². The normalized spacial score (nSPS) is 19.7. The molecule has 0 spiro atoms. The van der Waals surface area contributed by atoms with E-state index in [1.54, 1.807) is 35.0 Å². The predicted molar refractivity (Wildman–Crippen MR) is 88.7 cm³/mol. The molecule has 1 amide bonds. The lowest BCUT2D eigenvalue weighted by atomic mass is 10.2. The van der Waals surface area contributed by atoms with Crippen molar-refractivity contribution >= 4 is 33.0 Å². The van der Waals surface area contributed by atoms with Crippen LogP contribution in [0.5, 0.6) is 0 Å². The zero-order chi connectivity index (χ0) is 16.6. The molecule has 1 aliphatic rings. The van der Waals surface area contributed by atoms with Crippen molar-refractivity contribution in [2.45, 2.75) is 19.4 Å². The first-order chi connectivity index (χ1) is 10.8. The summed E-state index contributed by atoms with van der Waals surface area (Å²) in [6, 6.07) is 8.30. The number of benzene rings is 1. The number of aryl methyl sites for hydroxylation is 1. The number of hydrogen-bond acceptors (Lipinski definition) is 4. The molecule has 122 valence electrons. The van der Waals surface area contributed by atoms with E-state index in [2.05, 4.69) is 10.4 Å². The Morgan fingerprint density at radius 2 is 2.17 bits per heavy atom. The molecular formula is C15H16ClN3O3S. The average Bonchev–Trinajstić information content (AvgIpc) is 3.01. The Morgan fingerprint density at radius 3 is 2.83 bits per heavy atom. The monoisotopic (exact) mass is 353 g/mol. The highest BCUT2D eigenvalue weighted by atomic mass is 35.5. The fourth-order valence-electron chi connectivity index (χ4n) is 2.70. The summed E-state index contributed by atoms with van der Waals surface area (Å²) in [5, 5.41) is 7.54. The van der Waals surface area contributed by atoms with E-state index in [-0.39, 0.29) is 29.1 Å². The lowest BCUT2D eigenvalue weighted by molar-refractivity contribution is 0.102. The summed E-state index contributed by atoms with van der Waals surface area (Å²) >= 11 is 5.89. The number of nitrogens with zero attached hydrogens (tertiary/aromatic N) is 2. The second-order valence-corrected chi connectivity index (χ2v) is 8.30. The number of carbonyl (C=O) groups is 1. The molecule has 1 aromatic heterocycles. The van der Waals surface area contributed by atoms with Gasteiger partial charge < -0.3 is 5.32 Å². The average molecular weight is 354 g/mol. The van der Waals surface area contributed by atoms with Crippen LogP contribution in [0, 0.1) is 6.92 Å². The van der Waals surface area contributed by atoms with E-state index in [0.717, 1.165) is 5.69 Å². The van der Waals surface area contributed by atoms with Crippen LogP contribution in [0.1, 0.15) is 28.6 Å². The molecule has 1 fully saturated rings. The van der Waals surface area contributed by atoms with Gasteiger partial charge in [0.25, 0.3) is 5.91 Å². The number of anilines is 1. The molecule has 0 bridgehead atoms. The SMILES string of the molecule is Cc1cc(C(=O)Nc2cccc(Cl)c2)nn1C1CCS(=O)(=O)C1. The van der Waals surface area contributed by atoms with Crippen LogP contribution < -0.4 is 5.32 Å². The van der Waals surface area contributed by atoms with Crippen molar-refractivity contribution in [3.63, 3.8) is 0 Å². The molecule has 1 saturated heterocycles. The summed E-state index contributed by atoms with van der Waals surface area (Å²) in [6.07, 6.45) is 0.528. The standard InChI is InChI=1S/C15H16ClN3O3S/c1-10-7-14(15(20)17-12-4-2-3-11(16)8-12)18-19(10)13-5-6-23(21,22)9-13/h2-4,7-8,13H,5-6,9H2,1H3,(H,17,20). The number of rotatable bonds is 3. The van der Waals surface area contributed by atoms with Gasteiger partial charge in [-0.25, -0.2) is 8.42 Å². The Bertz CT molecular complexity index is 861. The highest BCUT2D eigenvalue weighted by Gasteiger charge is 2.31. The Hall–Kier alpha value is -1.86. The molecule has 1 aromatic carbocycles. The van der Waals surface area contributed by atoms with Crippen LogP contribution in [0.15, 0.2) is 30.3 Å². The summed E-state index contributed by atoms with van der Waals surface area (Å²) in [5.74, 6) is -0.110. The van der Waals surface area contributed by atoms with Gasteiger partial charge in [0, 0.05) is 16.4 Å². The van der Waals surface area contributed by atoms with Crippen LogP contribution in [0.2, 0.25) is 5.02 Å². The highest BCUT2D eigenvalue weighted by molar-refractivity contribution is 7.91. The molecule has 23 heavy (non-hydrogen) atoms. The summed E-state index contributed by atoms with van der Waals surface area (Å²) in [5.41, 5.74) is 1.60. The van der Waals surface area contributed by atoms with E-state index in [9.17, 15) is 13.2 Å². The van der Waals surface area contributed by atoms with Crippen molar-refractivity contribution in [1.29, 1.82) is 0 Å². The minimum absolute atomic E-state index is 0.0743. The van der Waals surface area contributed by atoms with Gasteiger partial charge in [0.1, 0.15) is 0 Å². The number of amides is 1. The molecule has 8 heteroatoms. The molecule has 2 aromatic rings. The maximum absolute atomic E-state index is 12.3. The molecule has 1 atom stereocenters. The van der Waals surface area contributed by atoms with E-state index in [1.807, 2.05) is 6.92 Å². The van der Waals surface area contributed by atoms with Crippen molar-refractivity contribution in [2.24, 2.45) is 0 Å². The van der Waals surface area contributed by atoms with Gasteiger partial charge >= 0.3 is 0 Å². The van der Waals surface area contributed by atoms with Gasteiger partial charge in [-0.1, -0.05) is 17.7 Å². The van der Waals surface area contributed by atoms with E-state index in [1.165, 1.54) is 0 Å². The number of carbonyl (C=O) groups excluding carboxylic acids is 1. The van der Waals surface area contributed by atoms with Crippen molar-refractivity contribution in [2.75, 3.05) is 16.8 Å². The fraction of sp³-hybridized carbons (Fsp3) is 0.333.